The number of nitrogens with two attached hydrogens (primary N) is 1. The van der Waals surface area contributed by atoms with E-state index in [2.05, 4.69) is 0 Å². The third-order valence-electron chi connectivity index (χ3n) is 2.54. The molecular formula is C11H11F2N3O4. The maximum Gasteiger partial charge on any atom is 0.305 e. The van der Waals surface area contributed by atoms with Crippen molar-refractivity contribution in [2.24, 2.45) is 5.73 Å². The fourth-order valence-corrected chi connectivity index (χ4v) is 1.30. The number of halogens is 2. The average Bonchev–Trinajstić information content (AvgIpc) is 2.27. The zero-order chi connectivity index (χ0) is 15.7. The van der Waals surface area contributed by atoms with Gasteiger partial charge in [-0.2, -0.15) is 4.39 Å². The Hall–Kier alpha value is -2.58. The van der Waals surface area contributed by atoms with E-state index in [0.717, 1.165) is 0 Å². The molecule has 0 aromatic heterocycles. The summed E-state index contributed by atoms with van der Waals surface area (Å²) in [5.41, 5.74) is 1.24. The minimum absolute atomic E-state index is 0.591. The van der Waals surface area contributed by atoms with E-state index in [1.807, 2.05) is 5.32 Å². The van der Waals surface area contributed by atoms with Crippen molar-refractivity contribution >= 4 is 17.5 Å². The Balaban J connectivity index is 3.26. The molecule has 1 aromatic rings. The third-order valence-corrected chi connectivity index (χ3v) is 2.54. The van der Waals surface area contributed by atoms with Crippen LogP contribution in [0.15, 0.2) is 12.1 Å². The maximum absolute atomic E-state index is 13.8. The summed E-state index contributed by atoms with van der Waals surface area (Å²) < 4.78 is 27.2. The zero-order valence-corrected chi connectivity index (χ0v) is 10.6. The number of primary amides is 1. The van der Waals surface area contributed by atoms with Gasteiger partial charge in [0.25, 0.3) is 5.91 Å². The van der Waals surface area contributed by atoms with Gasteiger partial charge in [-0.3, -0.25) is 19.7 Å². The number of rotatable bonds is 4. The molecular weight excluding hydrogens is 276 g/mol. The Morgan fingerprint density at radius 3 is 2.35 bits per heavy atom. The first-order valence-corrected chi connectivity index (χ1v) is 5.32. The zero-order valence-electron chi connectivity index (χ0n) is 10.6. The molecule has 0 saturated heterocycles. The molecule has 2 amide bonds. The Kier molecular flexibility index (Phi) is 4.02. The lowest BCUT2D eigenvalue weighted by atomic mass is 10.0. The van der Waals surface area contributed by atoms with Crippen LogP contribution in [0.3, 0.4) is 0 Å². The highest BCUT2D eigenvalue weighted by atomic mass is 19.1. The fraction of sp³-hybridized carbons (Fsp3) is 0.273. The van der Waals surface area contributed by atoms with E-state index in [1.54, 1.807) is 0 Å². The highest BCUT2D eigenvalue weighted by Gasteiger charge is 2.32. The van der Waals surface area contributed by atoms with Crippen LogP contribution in [0.2, 0.25) is 0 Å². The minimum Gasteiger partial charge on any atom is -0.368 e. The van der Waals surface area contributed by atoms with Gasteiger partial charge in [-0.05, 0) is 19.9 Å². The summed E-state index contributed by atoms with van der Waals surface area (Å²) in [6.07, 6.45) is 0. The van der Waals surface area contributed by atoms with Crippen LogP contribution in [0, 0.1) is 21.7 Å². The molecule has 0 aliphatic rings. The van der Waals surface area contributed by atoms with E-state index in [4.69, 9.17) is 5.73 Å². The quantitative estimate of drug-likeness (QED) is 0.631. The first-order chi connectivity index (χ1) is 9.08. The minimum atomic E-state index is -1.62. The molecule has 20 heavy (non-hydrogen) atoms. The van der Waals surface area contributed by atoms with Crippen LogP contribution in [-0.4, -0.2) is 22.3 Å². The van der Waals surface area contributed by atoms with Gasteiger partial charge in [-0.15, -0.1) is 0 Å². The first kappa shape index (κ1) is 15.5. The predicted molar refractivity (Wildman–Crippen MR) is 63.8 cm³/mol. The summed E-state index contributed by atoms with van der Waals surface area (Å²) >= 11 is 0. The van der Waals surface area contributed by atoms with Gasteiger partial charge in [-0.25, -0.2) is 4.39 Å². The highest BCUT2D eigenvalue weighted by molar-refractivity contribution is 5.99. The number of carbonyl (C=O) groups excluding carboxylic acids is 2. The largest absolute Gasteiger partial charge is 0.368 e. The lowest BCUT2D eigenvalue weighted by Gasteiger charge is -2.22. The molecule has 0 atom stereocenters. The topological polar surface area (TPSA) is 115 Å². The summed E-state index contributed by atoms with van der Waals surface area (Å²) in [5, 5.41) is 12.5. The van der Waals surface area contributed by atoms with Gasteiger partial charge in [0.2, 0.25) is 11.7 Å². The molecule has 0 aliphatic carbocycles. The van der Waals surface area contributed by atoms with Gasteiger partial charge in [0.15, 0.2) is 0 Å². The maximum atomic E-state index is 13.8. The van der Waals surface area contributed by atoms with Gasteiger partial charge in [0.05, 0.1) is 4.92 Å². The van der Waals surface area contributed by atoms with Crippen molar-refractivity contribution < 1.29 is 23.3 Å². The van der Waals surface area contributed by atoms with E-state index in [-0.39, 0.29) is 0 Å². The molecule has 0 aliphatic heterocycles. The summed E-state index contributed by atoms with van der Waals surface area (Å²) in [7, 11) is 0. The summed E-state index contributed by atoms with van der Waals surface area (Å²) in [5.74, 6) is -5.15. The van der Waals surface area contributed by atoms with Crippen molar-refractivity contribution in [3.05, 3.63) is 39.4 Å². The van der Waals surface area contributed by atoms with Crippen molar-refractivity contribution in [3.63, 3.8) is 0 Å². The monoisotopic (exact) mass is 287 g/mol. The normalized spacial score (nSPS) is 11.0. The lowest BCUT2D eigenvalue weighted by Crippen LogP contribution is -2.53. The molecule has 0 heterocycles. The number of hydrogen-bond acceptors (Lipinski definition) is 4. The lowest BCUT2D eigenvalue weighted by molar-refractivity contribution is -0.387. The second-order valence-corrected chi connectivity index (χ2v) is 4.46. The number of benzene rings is 1. The summed E-state index contributed by atoms with van der Waals surface area (Å²) in [6.45, 7) is 2.45. The SMILES string of the molecule is CC(C)(NC(=O)c1c(F)ccc([N+](=O)[O-])c1F)C(N)=O. The molecule has 7 nitrogen and oxygen atoms in total. The Bertz CT molecular complexity index is 602. The Morgan fingerprint density at radius 2 is 1.90 bits per heavy atom. The van der Waals surface area contributed by atoms with E-state index in [1.165, 1.54) is 13.8 Å². The van der Waals surface area contributed by atoms with Crippen LogP contribution < -0.4 is 11.1 Å². The van der Waals surface area contributed by atoms with Gasteiger partial charge in [0, 0.05) is 6.07 Å². The second-order valence-electron chi connectivity index (χ2n) is 4.46. The van der Waals surface area contributed by atoms with Crippen LogP contribution in [-0.2, 0) is 4.79 Å². The van der Waals surface area contributed by atoms with Crippen LogP contribution in [0.4, 0.5) is 14.5 Å². The van der Waals surface area contributed by atoms with Crippen LogP contribution in [0.25, 0.3) is 0 Å². The highest BCUT2D eigenvalue weighted by Crippen LogP contribution is 2.23. The van der Waals surface area contributed by atoms with Crippen molar-refractivity contribution in [1.82, 2.24) is 5.32 Å². The molecule has 1 aromatic carbocycles. The van der Waals surface area contributed by atoms with Crippen LogP contribution >= 0.6 is 0 Å². The van der Waals surface area contributed by atoms with Crippen molar-refractivity contribution in [2.75, 3.05) is 0 Å². The fourth-order valence-electron chi connectivity index (χ4n) is 1.30. The molecule has 3 N–H and O–H groups in total. The number of nitro benzene ring substituents is 1. The van der Waals surface area contributed by atoms with Crippen molar-refractivity contribution in [2.45, 2.75) is 19.4 Å². The van der Waals surface area contributed by atoms with Gasteiger partial charge < -0.3 is 11.1 Å². The van der Waals surface area contributed by atoms with Gasteiger partial charge >= 0.3 is 5.69 Å². The molecule has 0 saturated carbocycles. The summed E-state index contributed by atoms with van der Waals surface area (Å²) in [6, 6.07) is 1.19. The Morgan fingerprint density at radius 1 is 1.35 bits per heavy atom. The number of nitrogens with zero attached hydrogens (tertiary/aromatic N) is 1. The molecule has 0 fully saturated rings. The Labute approximate surface area is 111 Å². The van der Waals surface area contributed by atoms with Crippen LogP contribution in [0.5, 0.6) is 0 Å². The van der Waals surface area contributed by atoms with E-state index in [9.17, 15) is 28.5 Å². The average molecular weight is 287 g/mol. The molecule has 0 unspecified atom stereocenters. The standard InChI is InChI=1S/C11H11F2N3O4/c1-11(2,10(14)18)15-9(17)7-5(12)3-4-6(8(7)13)16(19)20/h3-4H,1-2H3,(H2,14,18)(H,15,17). The van der Waals surface area contributed by atoms with E-state index < -0.39 is 45.2 Å². The predicted octanol–water partition coefficient (Wildman–Crippen LogP) is 0.867. The van der Waals surface area contributed by atoms with E-state index in [0.29, 0.717) is 12.1 Å². The van der Waals surface area contributed by atoms with Crippen molar-refractivity contribution in [1.29, 1.82) is 0 Å². The molecule has 9 heteroatoms. The summed E-state index contributed by atoms with van der Waals surface area (Å²) in [4.78, 5) is 32.3. The number of hydrogen-bond donors (Lipinski definition) is 2. The molecule has 0 spiro atoms. The number of nitrogens with one attached hydrogen (secondary N) is 1. The second kappa shape index (κ2) is 5.19. The molecule has 0 radical (unpaired) electrons. The smallest absolute Gasteiger partial charge is 0.305 e. The third kappa shape index (κ3) is 2.87. The van der Waals surface area contributed by atoms with Gasteiger partial charge in [-0.1, -0.05) is 0 Å². The van der Waals surface area contributed by atoms with E-state index >= 15 is 0 Å². The van der Waals surface area contributed by atoms with Crippen LogP contribution in [0.1, 0.15) is 24.2 Å². The number of nitro groups is 1. The van der Waals surface area contributed by atoms with Crippen molar-refractivity contribution in [3.8, 4) is 0 Å². The molecule has 108 valence electrons. The molecule has 1 rings (SSSR count). The number of amides is 2. The number of carbonyl (C=O) groups is 2. The van der Waals surface area contributed by atoms with Gasteiger partial charge in [0.1, 0.15) is 16.9 Å². The molecule has 0 bridgehead atoms. The first-order valence-electron chi connectivity index (χ1n) is 5.32.